The lowest BCUT2D eigenvalue weighted by atomic mass is 10.2. The van der Waals surface area contributed by atoms with Gasteiger partial charge in [-0.1, -0.05) is 18.9 Å². The first kappa shape index (κ1) is 14.4. The Morgan fingerprint density at radius 2 is 1.85 bits per heavy atom. The van der Waals surface area contributed by atoms with Crippen molar-refractivity contribution in [3.8, 4) is 5.75 Å². The van der Waals surface area contributed by atoms with Gasteiger partial charge in [0.05, 0.1) is 0 Å². The van der Waals surface area contributed by atoms with Crippen molar-refractivity contribution in [2.24, 2.45) is 0 Å². The molecule has 5 heteroatoms. The molecule has 2 rings (SSSR count). The second kappa shape index (κ2) is 6.93. The zero-order valence-electron chi connectivity index (χ0n) is 11.4. The van der Waals surface area contributed by atoms with E-state index in [0.29, 0.717) is 11.3 Å². The highest BCUT2D eigenvalue weighted by Gasteiger charge is 2.17. The number of nitrogens with zero attached hydrogens (tertiary/aromatic N) is 1. The highest BCUT2D eigenvalue weighted by atomic mass is 16.5. The lowest BCUT2D eigenvalue weighted by Gasteiger charge is -2.20. The average Bonchev–Trinajstić information content (AvgIpc) is 2.73. The van der Waals surface area contributed by atoms with Gasteiger partial charge in [0.25, 0.3) is 5.91 Å². The zero-order valence-corrected chi connectivity index (χ0v) is 11.4. The molecular formula is C15H19NO4. The molecule has 0 atom stereocenters. The normalized spacial score (nSPS) is 15.5. The van der Waals surface area contributed by atoms with Crippen molar-refractivity contribution in [1.82, 2.24) is 4.90 Å². The van der Waals surface area contributed by atoms with Crippen molar-refractivity contribution >= 4 is 11.9 Å². The first-order chi connectivity index (χ1) is 9.66. The standard InChI is InChI=1S/C15H19NO4/c17-14(18)11-20-13-7-5-6-12(10-13)15(19)16-8-3-1-2-4-9-16/h5-7,10H,1-4,8-9,11H2,(H,17,18). The highest BCUT2D eigenvalue weighted by molar-refractivity contribution is 5.94. The molecule has 1 aliphatic heterocycles. The summed E-state index contributed by atoms with van der Waals surface area (Å²) in [6.45, 7) is 1.18. The van der Waals surface area contributed by atoms with Gasteiger partial charge in [-0.2, -0.15) is 0 Å². The highest BCUT2D eigenvalue weighted by Crippen LogP contribution is 2.17. The first-order valence-corrected chi connectivity index (χ1v) is 6.91. The van der Waals surface area contributed by atoms with Crippen LogP contribution in [0.3, 0.4) is 0 Å². The van der Waals surface area contributed by atoms with Crippen LogP contribution in [0, 0.1) is 0 Å². The second-order valence-corrected chi connectivity index (χ2v) is 4.92. The molecule has 0 saturated carbocycles. The Balaban J connectivity index is 2.05. The van der Waals surface area contributed by atoms with E-state index in [2.05, 4.69) is 0 Å². The van der Waals surface area contributed by atoms with Gasteiger partial charge in [-0.05, 0) is 31.0 Å². The van der Waals surface area contributed by atoms with Crippen LogP contribution in [0.4, 0.5) is 0 Å². The molecule has 1 heterocycles. The van der Waals surface area contributed by atoms with Crippen molar-refractivity contribution in [2.75, 3.05) is 19.7 Å². The van der Waals surface area contributed by atoms with E-state index < -0.39 is 12.6 Å². The number of carbonyl (C=O) groups is 2. The third-order valence-electron chi connectivity index (χ3n) is 3.34. The molecule has 108 valence electrons. The molecule has 0 radical (unpaired) electrons. The lowest BCUT2D eigenvalue weighted by Crippen LogP contribution is -2.31. The number of benzene rings is 1. The number of carboxylic acid groups (broad SMARTS) is 1. The number of ether oxygens (including phenoxy) is 1. The minimum Gasteiger partial charge on any atom is -0.482 e. The lowest BCUT2D eigenvalue weighted by molar-refractivity contribution is -0.139. The van der Waals surface area contributed by atoms with E-state index in [1.165, 1.54) is 12.8 Å². The van der Waals surface area contributed by atoms with Crippen LogP contribution >= 0.6 is 0 Å². The predicted octanol–water partition coefficient (Wildman–Crippen LogP) is 2.17. The Bertz CT molecular complexity index is 479. The third kappa shape index (κ3) is 3.98. The minimum absolute atomic E-state index is 0.00678. The number of carbonyl (C=O) groups excluding carboxylic acids is 1. The predicted molar refractivity (Wildman–Crippen MR) is 73.9 cm³/mol. The Hall–Kier alpha value is -2.04. The van der Waals surface area contributed by atoms with Gasteiger partial charge in [0.15, 0.2) is 6.61 Å². The SMILES string of the molecule is O=C(O)COc1cccc(C(=O)N2CCCCCC2)c1. The Morgan fingerprint density at radius 3 is 2.50 bits per heavy atom. The minimum atomic E-state index is -1.03. The van der Waals surface area contributed by atoms with Crippen molar-refractivity contribution in [3.05, 3.63) is 29.8 Å². The average molecular weight is 277 g/mol. The summed E-state index contributed by atoms with van der Waals surface area (Å²) in [5.41, 5.74) is 0.551. The van der Waals surface area contributed by atoms with Crippen LogP contribution in [0.2, 0.25) is 0 Å². The Kier molecular flexibility index (Phi) is 4.98. The maximum Gasteiger partial charge on any atom is 0.341 e. The Labute approximate surface area is 118 Å². The quantitative estimate of drug-likeness (QED) is 0.916. The molecule has 1 N–H and O–H groups in total. The largest absolute Gasteiger partial charge is 0.482 e. The summed E-state index contributed by atoms with van der Waals surface area (Å²) >= 11 is 0. The molecule has 0 bridgehead atoms. The van der Waals surface area contributed by atoms with Crippen LogP contribution in [-0.2, 0) is 4.79 Å². The molecule has 1 aromatic rings. The number of carboxylic acids is 1. The molecule has 0 unspecified atom stereocenters. The van der Waals surface area contributed by atoms with Gasteiger partial charge in [0.1, 0.15) is 5.75 Å². The monoisotopic (exact) mass is 277 g/mol. The summed E-state index contributed by atoms with van der Waals surface area (Å²) in [6, 6.07) is 6.71. The summed E-state index contributed by atoms with van der Waals surface area (Å²) in [5, 5.41) is 8.59. The van der Waals surface area contributed by atoms with Crippen molar-refractivity contribution in [1.29, 1.82) is 0 Å². The molecular weight excluding hydrogens is 258 g/mol. The van der Waals surface area contributed by atoms with Gasteiger partial charge < -0.3 is 14.7 Å². The summed E-state index contributed by atoms with van der Waals surface area (Å²) in [6.07, 6.45) is 4.43. The van der Waals surface area contributed by atoms with Gasteiger partial charge in [-0.3, -0.25) is 4.79 Å². The van der Waals surface area contributed by atoms with E-state index in [9.17, 15) is 9.59 Å². The summed E-state index contributed by atoms with van der Waals surface area (Å²) in [5.74, 6) is -0.630. The summed E-state index contributed by atoms with van der Waals surface area (Å²) < 4.78 is 5.10. The molecule has 1 aliphatic rings. The number of aliphatic carboxylic acids is 1. The van der Waals surface area contributed by atoms with Crippen molar-refractivity contribution < 1.29 is 19.4 Å². The number of hydrogen-bond donors (Lipinski definition) is 1. The van der Waals surface area contributed by atoms with Crippen LogP contribution in [0.15, 0.2) is 24.3 Å². The molecule has 1 aromatic carbocycles. The van der Waals surface area contributed by atoms with Gasteiger partial charge in [-0.15, -0.1) is 0 Å². The number of amides is 1. The second-order valence-electron chi connectivity index (χ2n) is 4.92. The fourth-order valence-corrected chi connectivity index (χ4v) is 2.32. The maximum absolute atomic E-state index is 12.4. The van der Waals surface area contributed by atoms with E-state index in [1.807, 2.05) is 4.90 Å². The number of likely N-dealkylation sites (tertiary alicyclic amines) is 1. The maximum atomic E-state index is 12.4. The van der Waals surface area contributed by atoms with E-state index in [-0.39, 0.29) is 5.91 Å². The molecule has 0 aliphatic carbocycles. The van der Waals surface area contributed by atoms with Gasteiger partial charge in [-0.25, -0.2) is 4.79 Å². The van der Waals surface area contributed by atoms with Crippen LogP contribution in [-0.4, -0.2) is 41.6 Å². The number of rotatable bonds is 4. The number of hydrogen-bond acceptors (Lipinski definition) is 3. The first-order valence-electron chi connectivity index (χ1n) is 6.91. The molecule has 5 nitrogen and oxygen atoms in total. The van der Waals surface area contributed by atoms with Crippen LogP contribution in [0.25, 0.3) is 0 Å². The Morgan fingerprint density at radius 1 is 1.15 bits per heavy atom. The summed E-state index contributed by atoms with van der Waals surface area (Å²) in [7, 11) is 0. The third-order valence-corrected chi connectivity index (χ3v) is 3.34. The summed E-state index contributed by atoms with van der Waals surface area (Å²) in [4.78, 5) is 24.7. The molecule has 1 saturated heterocycles. The fourth-order valence-electron chi connectivity index (χ4n) is 2.32. The zero-order chi connectivity index (χ0) is 14.4. The van der Waals surface area contributed by atoms with Crippen LogP contribution in [0.1, 0.15) is 36.0 Å². The molecule has 0 aromatic heterocycles. The van der Waals surface area contributed by atoms with Crippen LogP contribution in [0.5, 0.6) is 5.75 Å². The van der Waals surface area contributed by atoms with Crippen molar-refractivity contribution in [3.63, 3.8) is 0 Å². The van der Waals surface area contributed by atoms with Gasteiger partial charge in [0, 0.05) is 18.7 Å². The van der Waals surface area contributed by atoms with E-state index in [1.54, 1.807) is 24.3 Å². The van der Waals surface area contributed by atoms with Gasteiger partial charge in [0.2, 0.25) is 0 Å². The fraction of sp³-hybridized carbons (Fsp3) is 0.467. The van der Waals surface area contributed by atoms with Crippen LogP contribution < -0.4 is 4.74 Å². The van der Waals surface area contributed by atoms with Gasteiger partial charge >= 0.3 is 5.97 Å². The molecule has 1 fully saturated rings. The van der Waals surface area contributed by atoms with E-state index in [0.717, 1.165) is 25.9 Å². The topological polar surface area (TPSA) is 66.8 Å². The van der Waals surface area contributed by atoms with E-state index in [4.69, 9.17) is 9.84 Å². The molecule has 1 amide bonds. The van der Waals surface area contributed by atoms with Crippen molar-refractivity contribution in [2.45, 2.75) is 25.7 Å². The van der Waals surface area contributed by atoms with E-state index >= 15 is 0 Å². The molecule has 0 spiro atoms. The smallest absolute Gasteiger partial charge is 0.341 e. The molecule has 20 heavy (non-hydrogen) atoms.